The fourth-order valence-corrected chi connectivity index (χ4v) is 9.86. The van der Waals surface area contributed by atoms with Crippen LogP contribution in [0.2, 0.25) is 0 Å². The lowest BCUT2D eigenvalue weighted by atomic mass is 9.97. The first kappa shape index (κ1) is 43.7. The number of ether oxygens (including phenoxy) is 2. The number of hydrogen-bond donors (Lipinski definition) is 4. The number of carbonyl (C=O) groups is 4. The number of aromatic amines is 2. The minimum atomic E-state index is -3.27. The van der Waals surface area contributed by atoms with Crippen LogP contribution in [0.25, 0.3) is 44.8 Å². The number of nitrogens with zero attached hydrogens (tertiary/aromatic N) is 4. The van der Waals surface area contributed by atoms with Gasteiger partial charge in [0, 0.05) is 29.8 Å². The van der Waals surface area contributed by atoms with Crippen molar-refractivity contribution in [2.75, 3.05) is 27.3 Å². The molecule has 4 amide bonds. The van der Waals surface area contributed by atoms with Crippen LogP contribution in [0.5, 0.6) is 0 Å². The summed E-state index contributed by atoms with van der Waals surface area (Å²) in [5, 5.41) is 5.37. The van der Waals surface area contributed by atoms with Crippen LogP contribution in [0.15, 0.2) is 73.1 Å². The van der Waals surface area contributed by atoms with E-state index in [1.54, 1.807) is 40.4 Å². The lowest BCUT2D eigenvalue weighted by Gasteiger charge is -2.30. The number of H-pyrrole nitrogens is 2. The van der Waals surface area contributed by atoms with Crippen molar-refractivity contribution in [3.63, 3.8) is 0 Å². The highest BCUT2D eigenvalue weighted by Gasteiger charge is 2.55. The van der Waals surface area contributed by atoms with Crippen LogP contribution in [0.3, 0.4) is 0 Å². The van der Waals surface area contributed by atoms with Gasteiger partial charge in [0.25, 0.3) is 5.92 Å². The van der Waals surface area contributed by atoms with Gasteiger partial charge in [0.1, 0.15) is 23.7 Å². The summed E-state index contributed by atoms with van der Waals surface area (Å²) in [5.74, 6) is -2.76. The van der Waals surface area contributed by atoms with Gasteiger partial charge in [-0.15, -0.1) is 0 Å². The second-order valence-electron chi connectivity index (χ2n) is 18.6. The van der Waals surface area contributed by atoms with Gasteiger partial charge in [0.2, 0.25) is 11.8 Å². The maximum Gasteiger partial charge on any atom is 0.407 e. The zero-order chi connectivity index (χ0) is 45.9. The molecule has 9 rings (SSSR count). The fourth-order valence-electron chi connectivity index (χ4n) is 9.86. The van der Waals surface area contributed by atoms with Gasteiger partial charge in [-0.05, 0) is 89.3 Å². The number of halogens is 2. The zero-order valence-corrected chi connectivity index (χ0v) is 37.3. The Balaban J connectivity index is 0.907. The molecule has 3 aromatic carbocycles. The molecule has 3 fully saturated rings. The average Bonchev–Trinajstić information content (AvgIpc) is 3.90. The Morgan fingerprint density at radius 2 is 1.18 bits per heavy atom. The van der Waals surface area contributed by atoms with E-state index in [0.29, 0.717) is 52.7 Å². The molecule has 16 heteroatoms. The number of alkyl carbamates (subject to hydrolysis) is 2. The first-order chi connectivity index (χ1) is 31.1. The predicted octanol–water partition coefficient (Wildman–Crippen LogP) is 8.73. The molecule has 4 unspecified atom stereocenters. The third-order valence-corrected chi connectivity index (χ3v) is 13.7. The molecule has 14 nitrogen and oxygen atoms in total. The Labute approximate surface area is 375 Å². The summed E-state index contributed by atoms with van der Waals surface area (Å²) in [6, 6.07) is 15.7. The summed E-state index contributed by atoms with van der Waals surface area (Å²) < 4.78 is 42.6. The van der Waals surface area contributed by atoms with Crippen molar-refractivity contribution >= 4 is 24.0 Å². The number of hydrogen-bond acceptors (Lipinski definition) is 8. The van der Waals surface area contributed by atoms with Crippen molar-refractivity contribution in [2.45, 2.75) is 89.9 Å². The van der Waals surface area contributed by atoms with E-state index in [9.17, 15) is 19.2 Å². The third-order valence-electron chi connectivity index (χ3n) is 13.7. The van der Waals surface area contributed by atoms with E-state index in [2.05, 4.69) is 30.6 Å². The predicted molar refractivity (Wildman–Crippen MR) is 238 cm³/mol. The van der Waals surface area contributed by atoms with Crippen LogP contribution >= 0.6 is 0 Å². The van der Waals surface area contributed by atoms with E-state index >= 15 is 8.78 Å². The van der Waals surface area contributed by atoms with Gasteiger partial charge in [-0.2, -0.15) is 8.78 Å². The molecule has 5 aromatic rings. The van der Waals surface area contributed by atoms with Crippen LogP contribution in [0.4, 0.5) is 18.4 Å². The van der Waals surface area contributed by atoms with Gasteiger partial charge in [0.15, 0.2) is 0 Å². The summed E-state index contributed by atoms with van der Waals surface area (Å²) >= 11 is 0. The summed E-state index contributed by atoms with van der Waals surface area (Å²) in [7, 11) is 2.53. The molecule has 65 heavy (non-hydrogen) atoms. The Morgan fingerprint density at radius 3 is 1.74 bits per heavy atom. The number of alkyl halides is 2. The van der Waals surface area contributed by atoms with E-state index < -0.39 is 30.2 Å². The molecular formula is C49H54F2N8O6. The first-order valence-electron chi connectivity index (χ1n) is 22.3. The Hall–Kier alpha value is -6.58. The second kappa shape index (κ2) is 16.8. The number of likely N-dealkylation sites (tertiary alicyclic amines) is 2. The molecule has 0 bridgehead atoms. The maximum atomic E-state index is 16.5. The number of imidazole rings is 2. The molecule has 4 atom stereocenters. The third kappa shape index (κ3) is 8.01. The van der Waals surface area contributed by atoms with Gasteiger partial charge in [-0.3, -0.25) is 9.59 Å². The molecule has 340 valence electrons. The topological polar surface area (TPSA) is 175 Å². The number of nitrogens with one attached hydrogen (secondary N) is 4. The summed E-state index contributed by atoms with van der Waals surface area (Å²) in [4.78, 5) is 71.3. The largest absolute Gasteiger partial charge is 0.453 e. The average molecular weight is 889 g/mol. The van der Waals surface area contributed by atoms with Crippen molar-refractivity contribution < 1.29 is 37.4 Å². The van der Waals surface area contributed by atoms with Gasteiger partial charge in [0.05, 0.1) is 50.1 Å². The number of aromatic nitrogens is 4. The monoisotopic (exact) mass is 888 g/mol. The number of amides is 4. The van der Waals surface area contributed by atoms with Crippen molar-refractivity contribution in [2.24, 2.45) is 17.3 Å². The number of carbonyl (C=O) groups excluding carboxylic acids is 4. The lowest BCUT2D eigenvalue weighted by molar-refractivity contribution is -0.136. The molecule has 2 saturated heterocycles. The molecule has 2 aliphatic heterocycles. The van der Waals surface area contributed by atoms with Crippen LogP contribution < -0.4 is 10.6 Å². The maximum absolute atomic E-state index is 16.5. The van der Waals surface area contributed by atoms with Crippen LogP contribution in [0, 0.1) is 17.3 Å². The van der Waals surface area contributed by atoms with E-state index in [1.165, 1.54) is 20.3 Å². The highest BCUT2D eigenvalue weighted by Crippen LogP contribution is 2.58. The first-order valence-corrected chi connectivity index (χ1v) is 22.3. The van der Waals surface area contributed by atoms with E-state index in [0.717, 1.165) is 48.9 Å². The number of benzene rings is 3. The molecule has 4 heterocycles. The molecule has 0 radical (unpaired) electrons. The highest BCUT2D eigenvalue weighted by atomic mass is 19.3. The molecule has 2 aromatic heterocycles. The smallest absolute Gasteiger partial charge is 0.407 e. The van der Waals surface area contributed by atoms with E-state index in [4.69, 9.17) is 9.47 Å². The number of methoxy groups -OCH3 is 2. The highest BCUT2D eigenvalue weighted by molar-refractivity contribution is 5.88. The Kier molecular flexibility index (Phi) is 11.3. The molecule has 1 spiro atoms. The normalized spacial score (nSPS) is 19.8. The summed E-state index contributed by atoms with van der Waals surface area (Å²) in [5.41, 5.74) is 4.94. The molecule has 2 aliphatic carbocycles. The van der Waals surface area contributed by atoms with Gasteiger partial charge >= 0.3 is 12.2 Å². The molecular weight excluding hydrogens is 835 g/mol. The summed E-state index contributed by atoms with van der Waals surface area (Å²) in [6.07, 6.45) is 6.28. The number of fused-ring (bicyclic) bond motifs is 3. The second-order valence-corrected chi connectivity index (χ2v) is 18.6. The van der Waals surface area contributed by atoms with Gasteiger partial charge in [-0.1, -0.05) is 76.2 Å². The van der Waals surface area contributed by atoms with E-state index in [1.807, 2.05) is 64.1 Å². The van der Waals surface area contributed by atoms with E-state index in [-0.39, 0.29) is 52.3 Å². The van der Waals surface area contributed by atoms with Crippen molar-refractivity contribution in [1.29, 1.82) is 0 Å². The molecule has 4 aliphatic rings. The minimum Gasteiger partial charge on any atom is -0.453 e. The number of rotatable bonds is 11. The fraction of sp³-hybridized carbons (Fsp3) is 0.429. The van der Waals surface area contributed by atoms with Crippen molar-refractivity contribution in [1.82, 2.24) is 40.4 Å². The van der Waals surface area contributed by atoms with Crippen molar-refractivity contribution in [3.8, 4) is 44.8 Å². The van der Waals surface area contributed by atoms with Gasteiger partial charge in [-0.25, -0.2) is 19.6 Å². The minimum absolute atomic E-state index is 0.0135. The quantitative estimate of drug-likeness (QED) is 0.102. The zero-order valence-electron chi connectivity index (χ0n) is 37.3. The van der Waals surface area contributed by atoms with Crippen LogP contribution in [-0.4, -0.2) is 93.1 Å². The van der Waals surface area contributed by atoms with Crippen molar-refractivity contribution in [3.05, 3.63) is 95.8 Å². The Morgan fingerprint density at radius 1 is 0.692 bits per heavy atom. The summed E-state index contributed by atoms with van der Waals surface area (Å²) in [6.45, 7) is 8.59. The lowest BCUT2D eigenvalue weighted by Crippen LogP contribution is -2.51. The Bertz CT molecular complexity index is 2650. The standard InChI is InChI=1S/C49H54F2N8O6/c1-26(2)40(56-46(62)64-5)44(60)58-19-7-8-38(58)42-52-23-36(54-42)29-11-9-28(10-12-29)30-13-15-32-33-16-14-31(21-35(33)49(50,51)34(32)20-30)37-24-53-43(55-37)39-22-48(17-18-48)25-59(39)45(61)41(27(3)4)57-47(63)65-6/h9-16,20-21,23-24,26-27,38-41H,7-8,17-19,22,25H2,1-6H3,(H,52,54)(H,53,55)(H,56,62)(H,57,63). The van der Waals surface area contributed by atoms with Crippen LogP contribution in [-0.2, 0) is 25.0 Å². The van der Waals surface area contributed by atoms with Crippen LogP contribution in [0.1, 0.15) is 94.7 Å². The molecule has 1 saturated carbocycles. The SMILES string of the molecule is COC(=O)NC(C(=O)N1CCCC1c1ncc(-c2ccc(-c3ccc4c(c3)C(F)(F)c3cc(-c5cnc(C6CC7(CC7)CN6C(=O)C(NC(=O)OC)C(C)C)[nH]5)ccc3-4)cc2)[nH]1)C(C)C. The molecule has 4 N–H and O–H groups in total. The van der Waals surface area contributed by atoms with Gasteiger partial charge < -0.3 is 39.9 Å².